The van der Waals surface area contributed by atoms with E-state index in [0.29, 0.717) is 5.56 Å². The fourth-order valence-electron chi connectivity index (χ4n) is 2.77. The van der Waals surface area contributed by atoms with Gasteiger partial charge in [0.1, 0.15) is 0 Å². The third-order valence-corrected chi connectivity index (χ3v) is 5.02. The van der Waals surface area contributed by atoms with Gasteiger partial charge in [-0.2, -0.15) is 0 Å². The van der Waals surface area contributed by atoms with Crippen molar-refractivity contribution in [3.8, 4) is 10.4 Å². The highest BCUT2D eigenvalue weighted by atomic mass is 32.1. The van der Waals surface area contributed by atoms with Gasteiger partial charge >= 0.3 is 17.9 Å². The minimum atomic E-state index is -2.19. The van der Waals surface area contributed by atoms with Crippen LogP contribution in [0, 0.1) is 5.41 Å². The highest BCUT2D eigenvalue weighted by Crippen LogP contribution is 2.31. The predicted octanol–water partition coefficient (Wildman–Crippen LogP) is 3.63. The summed E-state index contributed by atoms with van der Waals surface area (Å²) in [6.45, 7) is 4.89. The molecule has 7 heteroatoms. The molecule has 0 aliphatic heterocycles. The first-order valence-corrected chi connectivity index (χ1v) is 10.0. The van der Waals surface area contributed by atoms with Gasteiger partial charge in [0, 0.05) is 11.3 Å². The summed E-state index contributed by atoms with van der Waals surface area (Å²) in [5, 5.41) is 1.98. The number of carbonyl (C=O) groups is 3. The van der Waals surface area contributed by atoms with Crippen LogP contribution in [0.3, 0.4) is 0 Å². The fraction of sp³-hybridized carbons (Fsp3) is 0.381. The Morgan fingerprint density at radius 1 is 0.821 bits per heavy atom. The molecule has 6 nitrogen and oxygen atoms in total. The predicted molar refractivity (Wildman–Crippen MR) is 106 cm³/mol. The van der Waals surface area contributed by atoms with E-state index in [9.17, 15) is 14.4 Å². The molecular formula is C21H24O6S. The molecule has 0 aliphatic rings. The minimum Gasteiger partial charge on any atom is -0.465 e. The van der Waals surface area contributed by atoms with Gasteiger partial charge in [0.2, 0.25) is 0 Å². The first kappa shape index (κ1) is 21.6. The van der Waals surface area contributed by atoms with Gasteiger partial charge in [-0.25, -0.2) is 0 Å². The lowest BCUT2D eigenvalue weighted by Gasteiger charge is -2.27. The van der Waals surface area contributed by atoms with Crippen LogP contribution in [0.2, 0.25) is 0 Å². The number of benzene rings is 1. The van der Waals surface area contributed by atoms with E-state index in [1.165, 1.54) is 0 Å². The van der Waals surface area contributed by atoms with Crippen LogP contribution in [0.1, 0.15) is 26.3 Å². The molecule has 2 rings (SSSR count). The van der Waals surface area contributed by atoms with Crippen molar-refractivity contribution in [1.82, 2.24) is 0 Å². The lowest BCUT2D eigenvalue weighted by molar-refractivity contribution is -0.183. The molecule has 0 unspecified atom stereocenters. The van der Waals surface area contributed by atoms with Crippen LogP contribution >= 0.6 is 11.3 Å². The summed E-state index contributed by atoms with van der Waals surface area (Å²) in [5.41, 5.74) is -0.561. The summed E-state index contributed by atoms with van der Waals surface area (Å²) in [7, 11) is 0. The van der Waals surface area contributed by atoms with Crippen LogP contribution < -0.4 is 0 Å². The quantitative estimate of drug-likeness (QED) is 0.361. The van der Waals surface area contributed by atoms with Crippen LogP contribution in [0.25, 0.3) is 10.4 Å². The first-order valence-electron chi connectivity index (χ1n) is 9.14. The molecule has 0 saturated carbocycles. The van der Waals surface area contributed by atoms with Gasteiger partial charge in [-0.15, -0.1) is 11.3 Å². The number of thiophene rings is 1. The topological polar surface area (TPSA) is 78.9 Å². The van der Waals surface area contributed by atoms with Crippen molar-refractivity contribution in [3.63, 3.8) is 0 Å². The number of esters is 3. The molecule has 0 bridgehead atoms. The summed E-state index contributed by atoms with van der Waals surface area (Å²) in [5.74, 6) is -2.89. The number of ether oxygens (including phenoxy) is 3. The van der Waals surface area contributed by atoms with E-state index in [-0.39, 0.29) is 26.2 Å². The minimum absolute atomic E-state index is 0.0245. The second-order valence-electron chi connectivity index (χ2n) is 5.92. The van der Waals surface area contributed by atoms with E-state index in [0.717, 1.165) is 10.4 Å². The molecule has 2 aromatic rings. The lowest BCUT2D eigenvalue weighted by Crippen LogP contribution is -2.51. The summed E-state index contributed by atoms with van der Waals surface area (Å²) < 4.78 is 15.2. The number of hydrogen-bond donors (Lipinski definition) is 0. The Morgan fingerprint density at radius 3 is 1.71 bits per heavy atom. The van der Waals surface area contributed by atoms with Crippen LogP contribution in [0.4, 0.5) is 0 Å². The molecule has 0 saturated heterocycles. The van der Waals surface area contributed by atoms with Gasteiger partial charge in [0.15, 0.2) is 0 Å². The third kappa shape index (κ3) is 4.59. The first-order chi connectivity index (χ1) is 13.5. The van der Waals surface area contributed by atoms with Gasteiger partial charge in [-0.05, 0) is 43.3 Å². The summed E-state index contributed by atoms with van der Waals surface area (Å²) in [4.78, 5) is 39.3. The average Bonchev–Trinajstić information content (AvgIpc) is 3.21. The average molecular weight is 404 g/mol. The molecule has 0 radical (unpaired) electrons. The Hall–Kier alpha value is -2.67. The van der Waals surface area contributed by atoms with Gasteiger partial charge < -0.3 is 14.2 Å². The molecule has 1 aromatic heterocycles. The van der Waals surface area contributed by atoms with E-state index >= 15 is 0 Å². The number of hydrogen-bond acceptors (Lipinski definition) is 7. The Balaban J connectivity index is 2.43. The van der Waals surface area contributed by atoms with Crippen molar-refractivity contribution in [2.45, 2.75) is 27.2 Å². The molecule has 0 spiro atoms. The molecule has 150 valence electrons. The zero-order chi connectivity index (χ0) is 20.6. The van der Waals surface area contributed by atoms with E-state index in [4.69, 9.17) is 14.2 Å². The van der Waals surface area contributed by atoms with Crippen LogP contribution in [0.15, 0.2) is 41.8 Å². The Labute approximate surface area is 168 Å². The van der Waals surface area contributed by atoms with E-state index in [2.05, 4.69) is 0 Å². The molecule has 0 aliphatic carbocycles. The van der Waals surface area contributed by atoms with Gasteiger partial charge in [-0.3, -0.25) is 14.4 Å². The Morgan fingerprint density at radius 2 is 1.32 bits per heavy atom. The molecular weight excluding hydrogens is 380 g/mol. The van der Waals surface area contributed by atoms with Crippen molar-refractivity contribution in [1.29, 1.82) is 0 Å². The smallest absolute Gasteiger partial charge is 0.335 e. The van der Waals surface area contributed by atoms with Crippen molar-refractivity contribution in [2.24, 2.45) is 5.41 Å². The van der Waals surface area contributed by atoms with Crippen LogP contribution in [0.5, 0.6) is 0 Å². The van der Waals surface area contributed by atoms with Gasteiger partial charge in [0.05, 0.1) is 19.8 Å². The zero-order valence-electron chi connectivity index (χ0n) is 16.2. The largest absolute Gasteiger partial charge is 0.465 e. The van der Waals surface area contributed by atoms with Gasteiger partial charge in [0.25, 0.3) is 5.41 Å². The number of carbonyl (C=O) groups excluding carboxylic acids is 3. The van der Waals surface area contributed by atoms with E-state index < -0.39 is 23.3 Å². The Bertz CT molecular complexity index is 749. The fourth-order valence-corrected chi connectivity index (χ4v) is 3.50. The Kier molecular flexibility index (Phi) is 7.75. The molecule has 0 amide bonds. The maximum absolute atomic E-state index is 12.7. The SMILES string of the molecule is CCOC(=O)C(Cc1ccc(-c2cccs2)cc1)(C(=O)OCC)C(=O)OCC. The van der Waals surface area contributed by atoms with E-state index in [1.54, 1.807) is 44.2 Å². The normalized spacial score (nSPS) is 11.0. The van der Waals surface area contributed by atoms with E-state index in [1.807, 2.05) is 29.6 Å². The molecule has 28 heavy (non-hydrogen) atoms. The molecule has 0 fully saturated rings. The highest BCUT2D eigenvalue weighted by Gasteiger charge is 2.57. The zero-order valence-corrected chi connectivity index (χ0v) is 17.0. The summed E-state index contributed by atoms with van der Waals surface area (Å²) >= 11 is 1.61. The second-order valence-corrected chi connectivity index (χ2v) is 6.87. The van der Waals surface area contributed by atoms with Crippen molar-refractivity contribution >= 4 is 29.2 Å². The monoisotopic (exact) mass is 404 g/mol. The molecule has 1 aromatic carbocycles. The molecule has 0 N–H and O–H groups in total. The second kappa shape index (κ2) is 10.0. The maximum Gasteiger partial charge on any atom is 0.335 e. The highest BCUT2D eigenvalue weighted by molar-refractivity contribution is 7.13. The standard InChI is InChI=1S/C21H24O6S/c1-4-25-18(22)21(19(23)26-5-2,20(24)27-6-3)14-15-9-11-16(12-10-15)17-8-7-13-28-17/h7-13H,4-6,14H2,1-3H3. The summed E-state index contributed by atoms with van der Waals surface area (Å²) in [6.07, 6.45) is -0.200. The number of rotatable bonds is 9. The van der Waals surface area contributed by atoms with Crippen LogP contribution in [-0.4, -0.2) is 37.7 Å². The lowest BCUT2D eigenvalue weighted by atomic mass is 9.81. The third-order valence-electron chi connectivity index (χ3n) is 4.10. The van der Waals surface area contributed by atoms with Crippen LogP contribution in [-0.2, 0) is 35.0 Å². The van der Waals surface area contributed by atoms with Crippen molar-refractivity contribution < 1.29 is 28.6 Å². The molecule has 0 atom stereocenters. The van der Waals surface area contributed by atoms with Gasteiger partial charge in [-0.1, -0.05) is 30.3 Å². The van der Waals surface area contributed by atoms with Crippen molar-refractivity contribution in [2.75, 3.05) is 19.8 Å². The van der Waals surface area contributed by atoms with Crippen molar-refractivity contribution in [3.05, 3.63) is 47.3 Å². The summed E-state index contributed by atoms with van der Waals surface area (Å²) in [6, 6.07) is 11.3. The molecule has 1 heterocycles. The maximum atomic E-state index is 12.7.